The molecule has 0 saturated carbocycles. The van der Waals surface area contributed by atoms with Gasteiger partial charge in [-0.05, 0) is 24.1 Å². The third kappa shape index (κ3) is 12.8. The van der Waals surface area contributed by atoms with E-state index in [1.165, 1.54) is 44.7 Å². The van der Waals surface area contributed by atoms with Crippen molar-refractivity contribution < 1.29 is 5.21 Å². The molecular formula is C11H21N3O. The molecule has 0 amide bonds. The van der Waals surface area contributed by atoms with Gasteiger partial charge in [-0.2, -0.15) is 0 Å². The molecule has 0 fully saturated rings. The van der Waals surface area contributed by atoms with Crippen molar-refractivity contribution in [3.05, 3.63) is 12.2 Å². The van der Waals surface area contributed by atoms with Crippen LogP contribution >= 0.6 is 0 Å². The smallest absolute Gasteiger partial charge is 0.0511 e. The van der Waals surface area contributed by atoms with Crippen LogP contribution in [0.4, 0.5) is 0 Å². The quantitative estimate of drug-likeness (QED) is 0.265. The summed E-state index contributed by atoms with van der Waals surface area (Å²) in [6.45, 7) is 2.23. The van der Waals surface area contributed by atoms with Gasteiger partial charge >= 0.3 is 0 Å². The molecule has 0 aliphatic heterocycles. The van der Waals surface area contributed by atoms with Crippen LogP contribution < -0.4 is 0 Å². The normalized spacial score (nSPS) is 12.3. The van der Waals surface area contributed by atoms with Crippen molar-refractivity contribution in [1.82, 2.24) is 0 Å². The Balaban J connectivity index is 3.16. The molecular weight excluding hydrogens is 190 g/mol. The van der Waals surface area contributed by atoms with E-state index in [-0.39, 0.29) is 0 Å². The number of allylic oxidation sites excluding steroid dienone is 2. The summed E-state index contributed by atoms with van der Waals surface area (Å²) in [6.07, 6.45) is 14.4. The van der Waals surface area contributed by atoms with E-state index in [4.69, 9.17) is 5.21 Å². The molecule has 86 valence electrons. The maximum absolute atomic E-state index is 7.93. The van der Waals surface area contributed by atoms with Gasteiger partial charge in [0, 0.05) is 5.28 Å². The van der Waals surface area contributed by atoms with Gasteiger partial charge in [0.2, 0.25) is 0 Å². The van der Waals surface area contributed by atoms with E-state index in [0.29, 0.717) is 0 Å². The molecule has 15 heavy (non-hydrogen) atoms. The topological polar surface area (TPSA) is 57.3 Å². The minimum absolute atomic E-state index is 1.08. The van der Waals surface area contributed by atoms with Crippen LogP contribution in [0, 0.1) is 0 Å². The molecule has 0 bridgehead atoms. The average molecular weight is 211 g/mol. The second-order valence-electron chi connectivity index (χ2n) is 3.43. The first-order valence-electron chi connectivity index (χ1n) is 5.64. The van der Waals surface area contributed by atoms with Crippen LogP contribution in [0.1, 0.15) is 51.9 Å². The number of hydrogen-bond donors (Lipinski definition) is 1. The average Bonchev–Trinajstić information content (AvgIpc) is 2.26. The van der Waals surface area contributed by atoms with Crippen molar-refractivity contribution >= 4 is 6.21 Å². The van der Waals surface area contributed by atoms with Gasteiger partial charge in [0.15, 0.2) is 0 Å². The zero-order chi connectivity index (χ0) is 11.2. The number of unbranched alkanes of at least 4 members (excludes halogenated alkanes) is 6. The first kappa shape index (κ1) is 13.8. The second-order valence-corrected chi connectivity index (χ2v) is 3.43. The molecule has 0 spiro atoms. The molecule has 0 radical (unpaired) electrons. The van der Waals surface area contributed by atoms with Crippen molar-refractivity contribution in [1.29, 1.82) is 0 Å². The highest BCUT2D eigenvalue weighted by molar-refractivity contribution is 5.70. The Kier molecular flexibility index (Phi) is 11.8. The third-order valence-corrected chi connectivity index (χ3v) is 2.10. The lowest BCUT2D eigenvalue weighted by Crippen LogP contribution is -1.77. The highest BCUT2D eigenvalue weighted by Gasteiger charge is 1.87. The van der Waals surface area contributed by atoms with Gasteiger partial charge in [-0.25, -0.2) is 0 Å². The Morgan fingerprint density at radius 3 is 2.53 bits per heavy atom. The first-order valence-corrected chi connectivity index (χ1v) is 5.64. The standard InChI is InChI=1S/C11H21N3O/c1-2-3-4-5-6-7-8-9-10-11-12-13-14-15/h9-11H,2-8H2,1H3,(H,13,15)/b10-9+,12-11+. The lowest BCUT2D eigenvalue weighted by molar-refractivity contribution is 0.282. The molecule has 0 heterocycles. The molecule has 0 unspecified atom stereocenters. The Bertz CT molecular complexity index is 200. The number of hydrogen-bond acceptors (Lipinski definition) is 2. The third-order valence-electron chi connectivity index (χ3n) is 2.10. The molecule has 1 N–H and O–H groups in total. The highest BCUT2D eigenvalue weighted by Crippen LogP contribution is 2.06. The fourth-order valence-electron chi connectivity index (χ4n) is 1.29. The molecule has 0 rings (SSSR count). The highest BCUT2D eigenvalue weighted by atomic mass is 16.5. The molecule has 0 aromatic carbocycles. The Morgan fingerprint density at radius 2 is 1.80 bits per heavy atom. The zero-order valence-electron chi connectivity index (χ0n) is 9.47. The fourth-order valence-corrected chi connectivity index (χ4v) is 1.29. The predicted molar refractivity (Wildman–Crippen MR) is 62.3 cm³/mol. The van der Waals surface area contributed by atoms with Gasteiger partial charge in [0.05, 0.1) is 6.21 Å². The van der Waals surface area contributed by atoms with Crippen LogP contribution in [0.5, 0.6) is 0 Å². The summed E-state index contributed by atoms with van der Waals surface area (Å²) in [5.41, 5.74) is 0. The SMILES string of the molecule is CCCCCCCC/C=C/C=N/N=N/O. The minimum Gasteiger partial charge on any atom is -0.393 e. The van der Waals surface area contributed by atoms with E-state index < -0.39 is 0 Å². The molecule has 0 aromatic rings. The molecule has 0 aliphatic rings. The minimum atomic E-state index is 1.08. The molecule has 0 aromatic heterocycles. The maximum atomic E-state index is 7.93. The van der Waals surface area contributed by atoms with Crippen LogP contribution in [0.15, 0.2) is 27.8 Å². The van der Waals surface area contributed by atoms with Gasteiger partial charge in [-0.1, -0.05) is 45.1 Å². The maximum Gasteiger partial charge on any atom is 0.0511 e. The molecule has 4 heteroatoms. The predicted octanol–water partition coefficient (Wildman–Crippen LogP) is 4.12. The van der Waals surface area contributed by atoms with Crippen molar-refractivity contribution in [2.24, 2.45) is 15.6 Å². The number of nitrogens with zero attached hydrogens (tertiary/aromatic N) is 3. The first-order chi connectivity index (χ1) is 7.41. The molecule has 0 saturated heterocycles. The summed E-state index contributed by atoms with van der Waals surface area (Å²) in [4.78, 5) is 0. The molecule has 0 aliphatic carbocycles. The number of rotatable bonds is 9. The second kappa shape index (κ2) is 12.8. The summed E-state index contributed by atoms with van der Waals surface area (Å²) >= 11 is 0. The van der Waals surface area contributed by atoms with E-state index in [0.717, 1.165) is 6.42 Å². The lowest BCUT2D eigenvalue weighted by atomic mass is 10.1. The van der Waals surface area contributed by atoms with E-state index in [2.05, 4.69) is 28.6 Å². The molecule has 0 atom stereocenters. The van der Waals surface area contributed by atoms with E-state index in [9.17, 15) is 0 Å². The van der Waals surface area contributed by atoms with Gasteiger partial charge in [-0.3, -0.25) is 0 Å². The van der Waals surface area contributed by atoms with Crippen molar-refractivity contribution in [2.75, 3.05) is 0 Å². The lowest BCUT2D eigenvalue weighted by Gasteiger charge is -1.96. The largest absolute Gasteiger partial charge is 0.393 e. The zero-order valence-corrected chi connectivity index (χ0v) is 9.47. The van der Waals surface area contributed by atoms with Crippen LogP contribution in [0.3, 0.4) is 0 Å². The Morgan fingerprint density at radius 1 is 1.07 bits per heavy atom. The summed E-state index contributed by atoms with van der Waals surface area (Å²) in [6, 6.07) is 0. The van der Waals surface area contributed by atoms with Crippen molar-refractivity contribution in [3.63, 3.8) is 0 Å². The van der Waals surface area contributed by atoms with Crippen LogP contribution in [-0.2, 0) is 0 Å². The Labute approximate surface area is 91.8 Å². The fraction of sp³-hybridized carbons (Fsp3) is 0.727. The van der Waals surface area contributed by atoms with E-state index >= 15 is 0 Å². The van der Waals surface area contributed by atoms with Crippen LogP contribution in [0.25, 0.3) is 0 Å². The summed E-state index contributed by atoms with van der Waals surface area (Å²) < 4.78 is 0. The van der Waals surface area contributed by atoms with Crippen molar-refractivity contribution in [2.45, 2.75) is 51.9 Å². The van der Waals surface area contributed by atoms with E-state index in [1.807, 2.05) is 6.08 Å². The van der Waals surface area contributed by atoms with Gasteiger partial charge < -0.3 is 5.21 Å². The monoisotopic (exact) mass is 211 g/mol. The van der Waals surface area contributed by atoms with Crippen LogP contribution in [-0.4, -0.2) is 11.4 Å². The summed E-state index contributed by atoms with van der Waals surface area (Å²) in [5, 5.41) is 16.9. The van der Waals surface area contributed by atoms with Crippen molar-refractivity contribution in [3.8, 4) is 0 Å². The van der Waals surface area contributed by atoms with Gasteiger partial charge in [0.25, 0.3) is 0 Å². The van der Waals surface area contributed by atoms with Crippen LogP contribution in [0.2, 0.25) is 0 Å². The summed E-state index contributed by atoms with van der Waals surface area (Å²) in [7, 11) is 0. The molecule has 4 nitrogen and oxygen atoms in total. The van der Waals surface area contributed by atoms with Gasteiger partial charge in [-0.15, -0.1) is 5.10 Å². The Hall–Kier alpha value is -1.19. The summed E-state index contributed by atoms with van der Waals surface area (Å²) in [5.74, 6) is 0. The van der Waals surface area contributed by atoms with E-state index in [1.54, 1.807) is 0 Å². The van der Waals surface area contributed by atoms with Gasteiger partial charge in [0.1, 0.15) is 0 Å².